The summed E-state index contributed by atoms with van der Waals surface area (Å²) in [6, 6.07) is 7.02. The Morgan fingerprint density at radius 3 is 2.52 bits per heavy atom. The fraction of sp³-hybridized carbons (Fsp3) is 0.222. The highest BCUT2D eigenvalue weighted by Gasteiger charge is 2.43. The van der Waals surface area contributed by atoms with Crippen molar-refractivity contribution in [1.82, 2.24) is 0 Å². The first-order valence-electron chi connectivity index (χ1n) is 7.85. The molecule has 1 aliphatic heterocycles. The second-order valence-electron chi connectivity index (χ2n) is 6.71. The van der Waals surface area contributed by atoms with Crippen LogP contribution in [0.3, 0.4) is 0 Å². The third kappa shape index (κ3) is 3.72. The Balaban J connectivity index is 2.21. The number of amides is 1. The number of carbonyl (C=O) groups excluding carboxylic acids is 1. The molecular formula is C18H17ClFN2O4S. The van der Waals surface area contributed by atoms with E-state index in [1.54, 1.807) is 32.0 Å². The highest BCUT2D eigenvalue weighted by molar-refractivity contribution is 7.92. The van der Waals surface area contributed by atoms with Crippen LogP contribution >= 0.6 is 11.6 Å². The molecule has 0 fully saturated rings. The molecule has 0 bridgehead atoms. The lowest BCUT2D eigenvalue weighted by Crippen LogP contribution is -2.51. The fourth-order valence-electron chi connectivity index (χ4n) is 2.78. The van der Waals surface area contributed by atoms with Crippen LogP contribution in [0.15, 0.2) is 30.3 Å². The average molecular weight is 412 g/mol. The van der Waals surface area contributed by atoms with Crippen molar-refractivity contribution in [1.29, 1.82) is 0 Å². The van der Waals surface area contributed by atoms with E-state index in [4.69, 9.17) is 16.3 Å². The van der Waals surface area contributed by atoms with E-state index in [-0.39, 0.29) is 17.1 Å². The molecule has 2 aromatic carbocycles. The minimum atomic E-state index is -3.61. The Morgan fingerprint density at radius 2 is 1.93 bits per heavy atom. The normalized spacial score (nSPS) is 15.9. The monoisotopic (exact) mass is 411 g/mol. The largest absolute Gasteiger partial charge is 0.476 e. The Labute approximate surface area is 161 Å². The van der Waals surface area contributed by atoms with Crippen molar-refractivity contribution in [2.24, 2.45) is 0 Å². The molecule has 143 valence electrons. The maximum atomic E-state index is 14.9. The molecule has 3 rings (SSSR count). The van der Waals surface area contributed by atoms with Crippen LogP contribution in [0.5, 0.6) is 5.75 Å². The van der Waals surface area contributed by atoms with Gasteiger partial charge in [0.05, 0.1) is 11.9 Å². The van der Waals surface area contributed by atoms with Gasteiger partial charge in [0.1, 0.15) is 11.4 Å². The molecule has 0 aliphatic carbocycles. The lowest BCUT2D eigenvalue weighted by molar-refractivity contribution is -0.131. The van der Waals surface area contributed by atoms with Gasteiger partial charge in [-0.25, -0.2) is 12.8 Å². The summed E-state index contributed by atoms with van der Waals surface area (Å²) in [5.41, 5.74) is -0.573. The predicted octanol–water partition coefficient (Wildman–Crippen LogP) is 3.87. The number of ether oxygens (including phenoxy) is 1. The first-order chi connectivity index (χ1) is 12.4. The standard InChI is InChI=1S/C18H17ClFN2O4S/c1-10-7-12(5-6-13(10)19)22-16-14(20)8-11(21-27(4,24)25)9-15(16)26-18(2,3)17(22)23/h5-9,21H,1H2,2-4H3. The van der Waals surface area contributed by atoms with Crippen LogP contribution < -0.4 is 14.4 Å². The molecule has 0 saturated carbocycles. The van der Waals surface area contributed by atoms with Gasteiger partial charge in [0.15, 0.2) is 11.4 Å². The van der Waals surface area contributed by atoms with Gasteiger partial charge in [-0.3, -0.25) is 14.4 Å². The smallest absolute Gasteiger partial charge is 0.275 e. The Morgan fingerprint density at radius 1 is 1.26 bits per heavy atom. The molecule has 1 aliphatic rings. The van der Waals surface area contributed by atoms with Gasteiger partial charge in [-0.1, -0.05) is 11.6 Å². The third-order valence-corrected chi connectivity index (χ3v) is 4.90. The number of sulfonamides is 1. The van der Waals surface area contributed by atoms with Crippen LogP contribution in [-0.4, -0.2) is 26.2 Å². The van der Waals surface area contributed by atoms with Gasteiger partial charge in [-0.15, -0.1) is 0 Å². The highest BCUT2D eigenvalue weighted by Crippen LogP contribution is 2.45. The summed E-state index contributed by atoms with van der Waals surface area (Å²) in [6.07, 6.45) is 0.953. The molecular weight excluding hydrogens is 395 g/mol. The summed E-state index contributed by atoms with van der Waals surface area (Å²) >= 11 is 6.00. The van der Waals surface area contributed by atoms with Gasteiger partial charge in [0.2, 0.25) is 10.0 Å². The summed E-state index contributed by atoms with van der Waals surface area (Å²) in [7, 11) is -3.61. The minimum Gasteiger partial charge on any atom is -0.476 e. The zero-order valence-corrected chi connectivity index (χ0v) is 16.4. The van der Waals surface area contributed by atoms with E-state index in [0.717, 1.165) is 12.3 Å². The van der Waals surface area contributed by atoms with Crippen LogP contribution in [0.2, 0.25) is 5.02 Å². The van der Waals surface area contributed by atoms with E-state index < -0.39 is 27.3 Å². The molecule has 0 saturated heterocycles. The van der Waals surface area contributed by atoms with Gasteiger partial charge in [0, 0.05) is 22.8 Å². The van der Waals surface area contributed by atoms with Crippen molar-refractivity contribution in [3.05, 3.63) is 53.7 Å². The van der Waals surface area contributed by atoms with Crippen LogP contribution in [0.4, 0.5) is 21.5 Å². The van der Waals surface area contributed by atoms with Crippen LogP contribution in [0.1, 0.15) is 19.4 Å². The molecule has 27 heavy (non-hydrogen) atoms. The fourth-order valence-corrected chi connectivity index (χ4v) is 3.44. The minimum absolute atomic E-state index is 0.00666. The van der Waals surface area contributed by atoms with Crippen molar-refractivity contribution >= 4 is 44.6 Å². The van der Waals surface area contributed by atoms with Crippen molar-refractivity contribution in [3.63, 3.8) is 0 Å². The van der Waals surface area contributed by atoms with Crippen molar-refractivity contribution in [3.8, 4) is 5.75 Å². The summed E-state index contributed by atoms with van der Waals surface area (Å²) in [5.74, 6) is -1.27. The number of anilines is 3. The number of rotatable bonds is 3. The zero-order valence-electron chi connectivity index (χ0n) is 14.8. The number of hydrogen-bond acceptors (Lipinski definition) is 4. The number of hydrogen-bond donors (Lipinski definition) is 1. The van der Waals surface area contributed by atoms with E-state index in [2.05, 4.69) is 11.6 Å². The van der Waals surface area contributed by atoms with Crippen LogP contribution in [-0.2, 0) is 14.8 Å². The molecule has 0 aromatic heterocycles. The number of benzene rings is 2. The van der Waals surface area contributed by atoms with Gasteiger partial charge in [0.25, 0.3) is 5.91 Å². The summed E-state index contributed by atoms with van der Waals surface area (Å²) in [6.45, 7) is 6.88. The van der Waals surface area contributed by atoms with Crippen LogP contribution in [0.25, 0.3) is 0 Å². The third-order valence-electron chi connectivity index (χ3n) is 3.93. The van der Waals surface area contributed by atoms with Gasteiger partial charge >= 0.3 is 0 Å². The molecule has 1 heterocycles. The molecule has 0 spiro atoms. The van der Waals surface area contributed by atoms with Crippen molar-refractivity contribution in [2.45, 2.75) is 19.4 Å². The predicted molar refractivity (Wildman–Crippen MR) is 103 cm³/mol. The molecule has 6 nitrogen and oxygen atoms in total. The molecule has 0 atom stereocenters. The molecule has 9 heteroatoms. The van der Waals surface area contributed by atoms with E-state index in [9.17, 15) is 17.6 Å². The van der Waals surface area contributed by atoms with Crippen LogP contribution in [0, 0.1) is 12.7 Å². The molecule has 1 N–H and O–H groups in total. The maximum Gasteiger partial charge on any atom is 0.275 e. The Bertz CT molecular complexity index is 1050. The first kappa shape index (κ1) is 19.4. The summed E-state index contributed by atoms with van der Waals surface area (Å²) in [4.78, 5) is 14.1. The number of halogens is 2. The van der Waals surface area contributed by atoms with E-state index in [1.807, 2.05) is 0 Å². The number of nitrogens with one attached hydrogen (secondary N) is 1. The summed E-state index contributed by atoms with van der Waals surface area (Å²) < 4.78 is 45.7. The highest BCUT2D eigenvalue weighted by atomic mass is 35.5. The average Bonchev–Trinajstić information content (AvgIpc) is 2.50. The summed E-state index contributed by atoms with van der Waals surface area (Å²) in [5, 5.41) is 0.409. The SMILES string of the molecule is [CH2]c1cc(N2C(=O)C(C)(C)Oc3cc(NS(C)(=O)=O)cc(F)c32)ccc1Cl. The number of nitrogens with zero attached hydrogens (tertiary/aromatic N) is 1. The lowest BCUT2D eigenvalue weighted by atomic mass is 10.0. The Kier molecular flexibility index (Phi) is 4.60. The van der Waals surface area contributed by atoms with E-state index in [0.29, 0.717) is 16.3 Å². The first-order valence-corrected chi connectivity index (χ1v) is 10.1. The zero-order chi connectivity index (χ0) is 20.1. The van der Waals surface area contributed by atoms with Gasteiger partial charge in [-0.05, 0) is 44.5 Å². The molecule has 1 radical (unpaired) electrons. The topological polar surface area (TPSA) is 75.7 Å². The maximum absolute atomic E-state index is 14.9. The number of fused-ring (bicyclic) bond motifs is 1. The van der Waals surface area contributed by atoms with E-state index >= 15 is 0 Å². The quantitative estimate of drug-likeness (QED) is 0.831. The molecule has 0 unspecified atom stereocenters. The lowest BCUT2D eigenvalue weighted by Gasteiger charge is -2.39. The van der Waals surface area contributed by atoms with E-state index in [1.165, 1.54) is 11.0 Å². The second-order valence-corrected chi connectivity index (χ2v) is 8.86. The molecule has 2 aromatic rings. The van der Waals surface area contributed by atoms with Crippen molar-refractivity contribution < 1.29 is 22.3 Å². The van der Waals surface area contributed by atoms with Crippen molar-refractivity contribution in [2.75, 3.05) is 15.9 Å². The molecule has 1 amide bonds. The number of carbonyl (C=O) groups is 1. The second kappa shape index (κ2) is 6.38. The Hall–Kier alpha value is -2.32. The van der Waals surface area contributed by atoms with Gasteiger partial charge < -0.3 is 4.74 Å². The van der Waals surface area contributed by atoms with Gasteiger partial charge in [-0.2, -0.15) is 0 Å².